The van der Waals surface area contributed by atoms with E-state index < -0.39 is 0 Å². The number of nitrogens with one attached hydrogen (secondary N) is 1. The summed E-state index contributed by atoms with van der Waals surface area (Å²) in [5.74, 6) is 0.134. The van der Waals surface area contributed by atoms with Gasteiger partial charge in [-0.05, 0) is 79.6 Å². The minimum absolute atomic E-state index is 0.0320. The van der Waals surface area contributed by atoms with Crippen LogP contribution < -0.4 is 10.9 Å². The normalized spacial score (nSPS) is 15.2. The number of hydrogen-bond donors (Lipinski definition) is 1. The van der Waals surface area contributed by atoms with Gasteiger partial charge in [-0.3, -0.25) is 14.2 Å². The molecule has 1 amide bonds. The highest BCUT2D eigenvalue weighted by Crippen LogP contribution is 2.30. The zero-order valence-electron chi connectivity index (χ0n) is 19.4. The van der Waals surface area contributed by atoms with Crippen molar-refractivity contribution < 1.29 is 4.79 Å². The Morgan fingerprint density at radius 3 is 2.71 bits per heavy atom. The Balaban J connectivity index is 1.44. The molecule has 1 aliphatic carbocycles. The van der Waals surface area contributed by atoms with Gasteiger partial charge in [0.05, 0.1) is 28.4 Å². The molecule has 0 spiro atoms. The Morgan fingerprint density at radius 1 is 1.06 bits per heavy atom. The van der Waals surface area contributed by atoms with E-state index in [1.807, 2.05) is 56.3 Å². The third-order valence-electron chi connectivity index (χ3n) is 6.53. The molecule has 1 unspecified atom stereocenters. The standard InChI is InChI=1S/C28H27N3O2S/c1-18-14-15-21(16-19(18)2)31-27(33)23-11-5-6-12-25(23)30-28(31)34-17-26(32)29-24-13-7-9-20-8-3-4-10-22(20)24/h3-6,8,10-12,14-16,24H,7,9,13,17H2,1-2H3,(H,29,32). The van der Waals surface area contributed by atoms with E-state index in [0.29, 0.717) is 16.1 Å². The minimum atomic E-state index is -0.127. The second kappa shape index (κ2) is 9.47. The second-order valence-corrected chi connectivity index (χ2v) is 9.76. The zero-order chi connectivity index (χ0) is 23.7. The summed E-state index contributed by atoms with van der Waals surface area (Å²) in [5, 5.41) is 4.28. The number of para-hydroxylation sites is 1. The Morgan fingerprint density at radius 2 is 1.85 bits per heavy atom. The number of aromatic nitrogens is 2. The molecule has 172 valence electrons. The van der Waals surface area contributed by atoms with E-state index in [-0.39, 0.29) is 23.3 Å². The summed E-state index contributed by atoms with van der Waals surface area (Å²) < 4.78 is 1.63. The van der Waals surface area contributed by atoms with Gasteiger partial charge in [0.2, 0.25) is 5.91 Å². The lowest BCUT2D eigenvalue weighted by atomic mass is 9.88. The zero-order valence-corrected chi connectivity index (χ0v) is 20.2. The molecule has 5 nitrogen and oxygen atoms in total. The van der Waals surface area contributed by atoms with E-state index in [9.17, 15) is 9.59 Å². The molecule has 3 aromatic carbocycles. The van der Waals surface area contributed by atoms with Crippen molar-refractivity contribution in [2.75, 3.05) is 5.75 Å². The Bertz CT molecular complexity index is 1440. The Kier molecular flexibility index (Phi) is 6.24. The van der Waals surface area contributed by atoms with Gasteiger partial charge in [0.1, 0.15) is 0 Å². The average molecular weight is 470 g/mol. The lowest BCUT2D eigenvalue weighted by Crippen LogP contribution is -2.32. The molecule has 0 saturated heterocycles. The van der Waals surface area contributed by atoms with Gasteiger partial charge in [-0.2, -0.15) is 0 Å². The molecule has 6 heteroatoms. The van der Waals surface area contributed by atoms with E-state index in [1.165, 1.54) is 22.9 Å². The molecule has 0 bridgehead atoms. The van der Waals surface area contributed by atoms with Crippen LogP contribution in [-0.2, 0) is 11.2 Å². The first-order chi connectivity index (χ1) is 16.5. The fourth-order valence-electron chi connectivity index (χ4n) is 4.57. The van der Waals surface area contributed by atoms with Crippen LogP contribution in [0.25, 0.3) is 16.6 Å². The van der Waals surface area contributed by atoms with E-state index >= 15 is 0 Å². The van der Waals surface area contributed by atoms with Crippen molar-refractivity contribution in [3.63, 3.8) is 0 Å². The van der Waals surface area contributed by atoms with Gasteiger partial charge in [-0.1, -0.05) is 54.2 Å². The maximum absolute atomic E-state index is 13.5. The number of rotatable bonds is 5. The number of aryl methyl sites for hydroxylation is 3. The lowest BCUT2D eigenvalue weighted by molar-refractivity contribution is -0.119. The van der Waals surface area contributed by atoms with Crippen molar-refractivity contribution in [3.05, 3.63) is 99.3 Å². The third kappa shape index (κ3) is 4.38. The molecule has 1 atom stereocenters. The predicted molar refractivity (Wildman–Crippen MR) is 138 cm³/mol. The first-order valence-corrected chi connectivity index (χ1v) is 12.6. The minimum Gasteiger partial charge on any atom is -0.349 e. The topological polar surface area (TPSA) is 64.0 Å². The van der Waals surface area contributed by atoms with Crippen molar-refractivity contribution in [1.82, 2.24) is 14.9 Å². The number of hydrogen-bond acceptors (Lipinski definition) is 4. The van der Waals surface area contributed by atoms with Crippen LogP contribution >= 0.6 is 11.8 Å². The van der Waals surface area contributed by atoms with Crippen LogP contribution in [0.5, 0.6) is 0 Å². The number of thioether (sulfide) groups is 1. The summed E-state index contributed by atoms with van der Waals surface area (Å²) in [6.45, 7) is 4.07. The van der Waals surface area contributed by atoms with Crippen LogP contribution in [0.2, 0.25) is 0 Å². The van der Waals surface area contributed by atoms with Gasteiger partial charge in [0.15, 0.2) is 5.16 Å². The summed E-state index contributed by atoms with van der Waals surface area (Å²) >= 11 is 1.30. The van der Waals surface area contributed by atoms with E-state index in [4.69, 9.17) is 4.98 Å². The molecule has 0 radical (unpaired) electrons. The van der Waals surface area contributed by atoms with Crippen LogP contribution in [0.4, 0.5) is 0 Å². The number of carbonyl (C=O) groups is 1. The van der Waals surface area contributed by atoms with Gasteiger partial charge < -0.3 is 5.32 Å². The summed E-state index contributed by atoms with van der Waals surface area (Å²) in [6, 6.07) is 21.6. The molecule has 0 aliphatic heterocycles. The molecule has 1 aliphatic rings. The lowest BCUT2D eigenvalue weighted by Gasteiger charge is -2.26. The quantitative estimate of drug-likeness (QED) is 0.319. The predicted octanol–water partition coefficient (Wildman–Crippen LogP) is 5.29. The van der Waals surface area contributed by atoms with Crippen molar-refractivity contribution in [2.24, 2.45) is 0 Å². The highest BCUT2D eigenvalue weighted by atomic mass is 32.2. The first-order valence-electron chi connectivity index (χ1n) is 11.6. The molecule has 4 aromatic rings. The number of amides is 1. The summed E-state index contributed by atoms with van der Waals surface area (Å²) in [4.78, 5) is 31.2. The first kappa shape index (κ1) is 22.4. The molecule has 34 heavy (non-hydrogen) atoms. The van der Waals surface area contributed by atoms with Crippen LogP contribution in [0.1, 0.15) is 41.1 Å². The molecular formula is C28H27N3O2S. The molecule has 1 N–H and O–H groups in total. The number of nitrogens with zero attached hydrogens (tertiary/aromatic N) is 2. The maximum Gasteiger partial charge on any atom is 0.266 e. The fourth-order valence-corrected chi connectivity index (χ4v) is 5.40. The van der Waals surface area contributed by atoms with Crippen molar-refractivity contribution >= 4 is 28.6 Å². The molecule has 0 saturated carbocycles. The van der Waals surface area contributed by atoms with Crippen LogP contribution in [-0.4, -0.2) is 21.2 Å². The molecule has 1 heterocycles. The monoisotopic (exact) mass is 469 g/mol. The Hall–Kier alpha value is -3.38. The van der Waals surface area contributed by atoms with Crippen molar-refractivity contribution in [1.29, 1.82) is 0 Å². The van der Waals surface area contributed by atoms with E-state index in [1.54, 1.807) is 10.6 Å². The van der Waals surface area contributed by atoms with Gasteiger partial charge in [-0.25, -0.2) is 4.98 Å². The van der Waals surface area contributed by atoms with E-state index in [0.717, 1.165) is 36.1 Å². The third-order valence-corrected chi connectivity index (χ3v) is 7.47. The van der Waals surface area contributed by atoms with Gasteiger partial charge in [0.25, 0.3) is 5.56 Å². The van der Waals surface area contributed by atoms with Crippen molar-refractivity contribution in [3.8, 4) is 5.69 Å². The number of carbonyl (C=O) groups excluding carboxylic acids is 1. The molecule has 1 aromatic heterocycles. The largest absolute Gasteiger partial charge is 0.349 e. The number of benzene rings is 3. The van der Waals surface area contributed by atoms with Crippen LogP contribution in [0, 0.1) is 13.8 Å². The summed E-state index contributed by atoms with van der Waals surface area (Å²) in [6.07, 6.45) is 3.06. The SMILES string of the molecule is Cc1ccc(-n2c(SCC(=O)NC3CCCc4ccccc43)nc3ccccc3c2=O)cc1C. The van der Waals surface area contributed by atoms with Gasteiger partial charge in [-0.15, -0.1) is 0 Å². The van der Waals surface area contributed by atoms with E-state index in [2.05, 4.69) is 23.5 Å². The Labute approximate surface area is 203 Å². The van der Waals surface area contributed by atoms with Gasteiger partial charge in [0, 0.05) is 0 Å². The summed E-state index contributed by atoms with van der Waals surface area (Å²) in [7, 11) is 0. The molecular weight excluding hydrogens is 442 g/mol. The van der Waals surface area contributed by atoms with Gasteiger partial charge >= 0.3 is 0 Å². The van der Waals surface area contributed by atoms with Crippen LogP contribution in [0.3, 0.4) is 0 Å². The highest BCUT2D eigenvalue weighted by Gasteiger charge is 2.22. The summed E-state index contributed by atoms with van der Waals surface area (Å²) in [5.41, 5.74) is 6.05. The fraction of sp³-hybridized carbons (Fsp3) is 0.250. The molecule has 0 fully saturated rings. The number of fused-ring (bicyclic) bond motifs is 2. The highest BCUT2D eigenvalue weighted by molar-refractivity contribution is 7.99. The second-order valence-electron chi connectivity index (χ2n) is 8.82. The smallest absolute Gasteiger partial charge is 0.266 e. The average Bonchev–Trinajstić information content (AvgIpc) is 2.85. The maximum atomic E-state index is 13.5. The molecule has 5 rings (SSSR count). The van der Waals surface area contributed by atoms with Crippen molar-refractivity contribution in [2.45, 2.75) is 44.3 Å². The van der Waals surface area contributed by atoms with Crippen LogP contribution in [0.15, 0.2) is 76.7 Å².